The molecule has 2 rings (SSSR count). The van der Waals surface area contributed by atoms with E-state index in [2.05, 4.69) is 41.6 Å². The van der Waals surface area contributed by atoms with Crippen molar-refractivity contribution in [2.75, 3.05) is 13.1 Å². The quantitative estimate of drug-likeness (QED) is 0.817. The van der Waals surface area contributed by atoms with Crippen LogP contribution in [0.2, 0.25) is 0 Å². The van der Waals surface area contributed by atoms with Gasteiger partial charge in [-0.05, 0) is 25.3 Å². The standard InChI is InChI=1S/C11H18N2S/c1-9(2)13(10-6-12-7-10)8-11-4-3-5-14-11/h3-5,9-10,12H,6-8H2,1-2H3. The van der Waals surface area contributed by atoms with Gasteiger partial charge in [-0.1, -0.05) is 6.07 Å². The molecule has 3 heteroatoms. The fraction of sp³-hybridized carbons (Fsp3) is 0.636. The summed E-state index contributed by atoms with van der Waals surface area (Å²) in [6, 6.07) is 5.75. The third-order valence-electron chi connectivity index (χ3n) is 2.81. The number of thiophene rings is 1. The molecule has 0 saturated carbocycles. The molecular formula is C11H18N2S. The summed E-state index contributed by atoms with van der Waals surface area (Å²) in [6.45, 7) is 7.99. The summed E-state index contributed by atoms with van der Waals surface area (Å²) in [7, 11) is 0. The van der Waals surface area contributed by atoms with Crippen molar-refractivity contribution in [1.82, 2.24) is 10.2 Å². The summed E-state index contributed by atoms with van der Waals surface area (Å²) in [5, 5.41) is 5.50. The molecule has 0 atom stereocenters. The topological polar surface area (TPSA) is 15.3 Å². The zero-order chi connectivity index (χ0) is 9.97. The summed E-state index contributed by atoms with van der Waals surface area (Å²) < 4.78 is 0. The second kappa shape index (κ2) is 4.43. The number of nitrogens with one attached hydrogen (secondary N) is 1. The third-order valence-corrected chi connectivity index (χ3v) is 3.67. The molecule has 0 aliphatic carbocycles. The maximum atomic E-state index is 3.34. The van der Waals surface area contributed by atoms with Gasteiger partial charge in [-0.25, -0.2) is 0 Å². The van der Waals surface area contributed by atoms with Crippen LogP contribution in [0.5, 0.6) is 0 Å². The monoisotopic (exact) mass is 210 g/mol. The molecule has 1 aromatic rings. The van der Waals surface area contributed by atoms with Crippen LogP contribution in [0.15, 0.2) is 17.5 Å². The molecule has 78 valence electrons. The van der Waals surface area contributed by atoms with E-state index in [0.29, 0.717) is 6.04 Å². The second-order valence-corrected chi connectivity index (χ2v) is 5.19. The van der Waals surface area contributed by atoms with Gasteiger partial charge in [0.1, 0.15) is 0 Å². The molecule has 1 N–H and O–H groups in total. The molecule has 1 aromatic heterocycles. The van der Waals surface area contributed by atoms with E-state index in [0.717, 1.165) is 25.7 Å². The molecule has 1 fully saturated rings. The van der Waals surface area contributed by atoms with E-state index < -0.39 is 0 Å². The minimum Gasteiger partial charge on any atom is -0.314 e. The van der Waals surface area contributed by atoms with Crippen LogP contribution in [0.1, 0.15) is 18.7 Å². The third kappa shape index (κ3) is 2.16. The van der Waals surface area contributed by atoms with Crippen LogP contribution in [0.25, 0.3) is 0 Å². The molecule has 0 radical (unpaired) electrons. The Morgan fingerprint density at radius 1 is 1.57 bits per heavy atom. The molecule has 0 amide bonds. The Morgan fingerprint density at radius 3 is 2.79 bits per heavy atom. The van der Waals surface area contributed by atoms with E-state index in [4.69, 9.17) is 0 Å². The molecule has 0 unspecified atom stereocenters. The first-order valence-corrected chi connectivity index (χ1v) is 6.14. The average molecular weight is 210 g/mol. The van der Waals surface area contributed by atoms with E-state index in [1.165, 1.54) is 4.88 Å². The van der Waals surface area contributed by atoms with Crippen LogP contribution in [-0.2, 0) is 6.54 Å². The highest BCUT2D eigenvalue weighted by molar-refractivity contribution is 7.09. The molecule has 1 saturated heterocycles. The maximum Gasteiger partial charge on any atom is 0.0351 e. The number of hydrogen-bond acceptors (Lipinski definition) is 3. The lowest BCUT2D eigenvalue weighted by Crippen LogP contribution is -2.58. The number of hydrogen-bond donors (Lipinski definition) is 1. The lowest BCUT2D eigenvalue weighted by atomic mass is 10.1. The van der Waals surface area contributed by atoms with Crippen LogP contribution in [-0.4, -0.2) is 30.1 Å². The average Bonchev–Trinajstić information content (AvgIpc) is 2.52. The van der Waals surface area contributed by atoms with Crippen molar-refractivity contribution in [2.24, 2.45) is 0 Å². The fourth-order valence-corrected chi connectivity index (χ4v) is 2.54. The van der Waals surface area contributed by atoms with Gasteiger partial charge < -0.3 is 5.32 Å². The minimum absolute atomic E-state index is 0.643. The molecule has 2 heterocycles. The zero-order valence-corrected chi connectivity index (χ0v) is 9.68. The van der Waals surface area contributed by atoms with Crippen LogP contribution in [0.4, 0.5) is 0 Å². The van der Waals surface area contributed by atoms with Gasteiger partial charge in [0.15, 0.2) is 0 Å². The van der Waals surface area contributed by atoms with Gasteiger partial charge in [-0.3, -0.25) is 4.90 Å². The van der Waals surface area contributed by atoms with Crippen LogP contribution in [0.3, 0.4) is 0 Å². The summed E-state index contributed by atoms with van der Waals surface area (Å²) in [5.74, 6) is 0. The minimum atomic E-state index is 0.643. The van der Waals surface area contributed by atoms with E-state index >= 15 is 0 Å². The van der Waals surface area contributed by atoms with Crippen LogP contribution in [0, 0.1) is 0 Å². The van der Waals surface area contributed by atoms with Gasteiger partial charge in [-0.2, -0.15) is 0 Å². The number of rotatable bonds is 4. The molecule has 0 spiro atoms. The molecule has 1 aliphatic rings. The van der Waals surface area contributed by atoms with Crippen LogP contribution < -0.4 is 5.32 Å². The Balaban J connectivity index is 1.97. The first kappa shape index (κ1) is 10.1. The smallest absolute Gasteiger partial charge is 0.0351 e. The van der Waals surface area contributed by atoms with Crippen molar-refractivity contribution < 1.29 is 0 Å². The van der Waals surface area contributed by atoms with E-state index in [1.54, 1.807) is 0 Å². The SMILES string of the molecule is CC(C)N(Cc1cccs1)C1CNC1. The van der Waals surface area contributed by atoms with Gasteiger partial charge in [0.2, 0.25) is 0 Å². The Morgan fingerprint density at radius 2 is 2.36 bits per heavy atom. The maximum absolute atomic E-state index is 3.34. The van der Waals surface area contributed by atoms with E-state index in [9.17, 15) is 0 Å². The Bertz CT molecular complexity index is 265. The Labute approximate surface area is 89.9 Å². The van der Waals surface area contributed by atoms with E-state index in [-0.39, 0.29) is 0 Å². The normalized spacial score (nSPS) is 17.7. The van der Waals surface area contributed by atoms with Gasteiger partial charge in [0.05, 0.1) is 0 Å². The van der Waals surface area contributed by atoms with Crippen molar-refractivity contribution in [3.05, 3.63) is 22.4 Å². The predicted octanol–water partition coefficient (Wildman–Crippen LogP) is 1.93. The van der Waals surface area contributed by atoms with Crippen molar-refractivity contribution in [3.63, 3.8) is 0 Å². The van der Waals surface area contributed by atoms with Gasteiger partial charge in [-0.15, -0.1) is 11.3 Å². The molecule has 0 aromatic carbocycles. The summed E-state index contributed by atoms with van der Waals surface area (Å²) in [4.78, 5) is 4.06. The Kier molecular flexibility index (Phi) is 3.21. The Hall–Kier alpha value is -0.380. The highest BCUT2D eigenvalue weighted by Crippen LogP contribution is 2.17. The molecular weight excluding hydrogens is 192 g/mol. The lowest BCUT2D eigenvalue weighted by molar-refractivity contribution is 0.104. The fourth-order valence-electron chi connectivity index (χ4n) is 1.82. The molecule has 0 bridgehead atoms. The van der Waals surface area contributed by atoms with Crippen molar-refractivity contribution in [1.29, 1.82) is 0 Å². The van der Waals surface area contributed by atoms with Gasteiger partial charge >= 0.3 is 0 Å². The summed E-state index contributed by atoms with van der Waals surface area (Å²) >= 11 is 1.86. The van der Waals surface area contributed by atoms with E-state index in [1.807, 2.05) is 11.3 Å². The molecule has 2 nitrogen and oxygen atoms in total. The van der Waals surface area contributed by atoms with Crippen molar-refractivity contribution in [2.45, 2.75) is 32.5 Å². The second-order valence-electron chi connectivity index (χ2n) is 4.16. The highest BCUT2D eigenvalue weighted by atomic mass is 32.1. The molecule has 14 heavy (non-hydrogen) atoms. The highest BCUT2D eigenvalue weighted by Gasteiger charge is 2.26. The largest absolute Gasteiger partial charge is 0.314 e. The summed E-state index contributed by atoms with van der Waals surface area (Å²) in [6.07, 6.45) is 0. The number of nitrogens with zero attached hydrogens (tertiary/aromatic N) is 1. The predicted molar refractivity (Wildman–Crippen MR) is 61.7 cm³/mol. The first-order chi connectivity index (χ1) is 6.77. The van der Waals surface area contributed by atoms with Crippen molar-refractivity contribution in [3.8, 4) is 0 Å². The summed E-state index contributed by atoms with van der Waals surface area (Å²) in [5.41, 5.74) is 0. The zero-order valence-electron chi connectivity index (χ0n) is 8.86. The van der Waals surface area contributed by atoms with Crippen molar-refractivity contribution >= 4 is 11.3 Å². The van der Waals surface area contributed by atoms with Crippen LogP contribution >= 0.6 is 11.3 Å². The first-order valence-electron chi connectivity index (χ1n) is 5.26. The van der Waals surface area contributed by atoms with Gasteiger partial charge in [0.25, 0.3) is 0 Å². The molecule has 1 aliphatic heterocycles. The lowest BCUT2D eigenvalue weighted by Gasteiger charge is -2.40. The van der Waals surface area contributed by atoms with Gasteiger partial charge in [0, 0.05) is 36.6 Å².